The van der Waals surface area contributed by atoms with Crippen molar-refractivity contribution in [1.29, 1.82) is 0 Å². The summed E-state index contributed by atoms with van der Waals surface area (Å²) in [5, 5.41) is 8.49. The van der Waals surface area contributed by atoms with Gasteiger partial charge in [0, 0.05) is 11.3 Å². The van der Waals surface area contributed by atoms with Gasteiger partial charge in [-0.3, -0.25) is 5.32 Å². The molecule has 2 heterocycles. The SMILES string of the molecule is CC1(C)CSC(c2ccsc2)N1. The first kappa shape index (κ1) is 8.60. The Morgan fingerprint density at radius 1 is 1.58 bits per heavy atom. The van der Waals surface area contributed by atoms with Crippen LogP contribution in [0.4, 0.5) is 0 Å². The fourth-order valence-electron chi connectivity index (χ4n) is 1.33. The van der Waals surface area contributed by atoms with Crippen molar-refractivity contribution in [1.82, 2.24) is 5.32 Å². The molecule has 1 unspecified atom stereocenters. The second-order valence-electron chi connectivity index (χ2n) is 3.78. The summed E-state index contributed by atoms with van der Waals surface area (Å²) in [6.07, 6.45) is 0. The standard InChI is InChI=1S/C9H13NS2/c1-9(2)6-12-8(10-9)7-3-4-11-5-7/h3-5,8,10H,6H2,1-2H3. The van der Waals surface area contributed by atoms with E-state index in [1.165, 1.54) is 11.3 Å². The van der Waals surface area contributed by atoms with E-state index in [9.17, 15) is 0 Å². The predicted octanol–water partition coefficient (Wildman–Crippen LogP) is 2.86. The molecule has 0 aromatic carbocycles. The lowest BCUT2D eigenvalue weighted by atomic mass is 10.1. The van der Waals surface area contributed by atoms with E-state index in [4.69, 9.17) is 0 Å². The smallest absolute Gasteiger partial charge is 0.0802 e. The Morgan fingerprint density at radius 2 is 2.42 bits per heavy atom. The average Bonchev–Trinajstić information content (AvgIpc) is 2.55. The summed E-state index contributed by atoms with van der Waals surface area (Å²) in [6, 6.07) is 2.21. The highest BCUT2D eigenvalue weighted by molar-refractivity contribution is 7.99. The van der Waals surface area contributed by atoms with E-state index < -0.39 is 0 Å². The van der Waals surface area contributed by atoms with Crippen LogP contribution < -0.4 is 5.32 Å². The Morgan fingerprint density at radius 3 is 2.92 bits per heavy atom. The minimum atomic E-state index is 0.303. The van der Waals surface area contributed by atoms with Crippen molar-refractivity contribution >= 4 is 23.1 Å². The highest BCUT2D eigenvalue weighted by Gasteiger charge is 2.31. The van der Waals surface area contributed by atoms with Gasteiger partial charge in [0.1, 0.15) is 0 Å². The molecule has 0 radical (unpaired) electrons. The van der Waals surface area contributed by atoms with Crippen molar-refractivity contribution in [2.45, 2.75) is 24.8 Å². The molecule has 1 N–H and O–H groups in total. The molecule has 0 saturated carbocycles. The number of nitrogens with one attached hydrogen (secondary N) is 1. The van der Waals surface area contributed by atoms with E-state index in [2.05, 4.69) is 36.0 Å². The molecule has 66 valence electrons. The van der Waals surface area contributed by atoms with Crippen molar-refractivity contribution in [3.63, 3.8) is 0 Å². The molecule has 1 nitrogen and oxygen atoms in total. The third-order valence-electron chi connectivity index (χ3n) is 1.98. The minimum Gasteiger partial charge on any atom is -0.296 e. The molecule has 2 rings (SSSR count). The van der Waals surface area contributed by atoms with Crippen LogP contribution in [0.1, 0.15) is 24.8 Å². The van der Waals surface area contributed by atoms with Gasteiger partial charge < -0.3 is 0 Å². The first-order valence-electron chi connectivity index (χ1n) is 4.09. The van der Waals surface area contributed by atoms with Gasteiger partial charge in [-0.2, -0.15) is 11.3 Å². The van der Waals surface area contributed by atoms with E-state index in [1.807, 2.05) is 11.8 Å². The highest BCUT2D eigenvalue weighted by atomic mass is 32.2. The number of rotatable bonds is 1. The first-order valence-corrected chi connectivity index (χ1v) is 6.08. The zero-order valence-electron chi connectivity index (χ0n) is 7.33. The Labute approximate surface area is 81.6 Å². The monoisotopic (exact) mass is 199 g/mol. The summed E-state index contributed by atoms with van der Waals surface area (Å²) in [4.78, 5) is 0. The van der Waals surface area contributed by atoms with Crippen LogP contribution in [0.2, 0.25) is 0 Å². The Balaban J connectivity index is 2.10. The number of thiophene rings is 1. The van der Waals surface area contributed by atoms with Gasteiger partial charge in [0.15, 0.2) is 0 Å². The van der Waals surface area contributed by atoms with Crippen LogP contribution in [0.15, 0.2) is 16.8 Å². The Hall–Kier alpha value is 0.01000. The second kappa shape index (κ2) is 3.05. The number of hydrogen-bond donors (Lipinski definition) is 1. The van der Waals surface area contributed by atoms with Gasteiger partial charge in [0.2, 0.25) is 0 Å². The van der Waals surface area contributed by atoms with E-state index >= 15 is 0 Å². The molecule has 0 spiro atoms. The van der Waals surface area contributed by atoms with Crippen LogP contribution in [-0.2, 0) is 0 Å². The summed E-state index contributed by atoms with van der Waals surface area (Å²) in [5.74, 6) is 1.20. The molecule has 12 heavy (non-hydrogen) atoms. The van der Waals surface area contributed by atoms with Crippen LogP contribution in [0.5, 0.6) is 0 Å². The fraction of sp³-hybridized carbons (Fsp3) is 0.556. The molecule has 1 fully saturated rings. The zero-order valence-corrected chi connectivity index (χ0v) is 8.97. The molecule has 0 bridgehead atoms. The second-order valence-corrected chi connectivity index (χ2v) is 5.65. The summed E-state index contributed by atoms with van der Waals surface area (Å²) >= 11 is 3.78. The van der Waals surface area contributed by atoms with Gasteiger partial charge in [0.25, 0.3) is 0 Å². The summed E-state index contributed by atoms with van der Waals surface area (Å²) in [5.41, 5.74) is 1.73. The molecular formula is C9H13NS2. The van der Waals surface area contributed by atoms with Crippen molar-refractivity contribution in [2.24, 2.45) is 0 Å². The maximum atomic E-state index is 3.60. The number of hydrogen-bond acceptors (Lipinski definition) is 3. The third kappa shape index (κ3) is 1.68. The summed E-state index contributed by atoms with van der Waals surface area (Å²) in [7, 11) is 0. The van der Waals surface area contributed by atoms with E-state index in [1.54, 1.807) is 11.3 Å². The van der Waals surface area contributed by atoms with Gasteiger partial charge in [0.05, 0.1) is 5.37 Å². The van der Waals surface area contributed by atoms with Crippen molar-refractivity contribution in [3.8, 4) is 0 Å². The third-order valence-corrected chi connectivity index (χ3v) is 4.29. The van der Waals surface area contributed by atoms with Crippen molar-refractivity contribution < 1.29 is 0 Å². The van der Waals surface area contributed by atoms with Gasteiger partial charge in [-0.05, 0) is 36.2 Å². The lowest BCUT2D eigenvalue weighted by Gasteiger charge is -2.18. The molecular weight excluding hydrogens is 186 g/mol. The molecule has 1 atom stereocenters. The quantitative estimate of drug-likeness (QED) is 0.746. The average molecular weight is 199 g/mol. The molecule has 1 aliphatic rings. The molecule has 1 aromatic rings. The Bertz CT molecular complexity index is 254. The van der Waals surface area contributed by atoms with E-state index in [-0.39, 0.29) is 0 Å². The molecule has 1 aliphatic heterocycles. The van der Waals surface area contributed by atoms with Gasteiger partial charge in [-0.1, -0.05) is 0 Å². The van der Waals surface area contributed by atoms with Crippen LogP contribution in [0, 0.1) is 0 Å². The molecule has 1 saturated heterocycles. The van der Waals surface area contributed by atoms with Gasteiger partial charge >= 0.3 is 0 Å². The fourth-order valence-corrected chi connectivity index (χ4v) is 3.51. The first-order chi connectivity index (χ1) is 5.67. The molecule has 1 aromatic heterocycles. The molecule has 3 heteroatoms. The lowest BCUT2D eigenvalue weighted by Crippen LogP contribution is -2.35. The topological polar surface area (TPSA) is 12.0 Å². The molecule has 0 aliphatic carbocycles. The largest absolute Gasteiger partial charge is 0.296 e. The van der Waals surface area contributed by atoms with E-state index in [0.717, 1.165) is 0 Å². The maximum Gasteiger partial charge on any atom is 0.0802 e. The Kier molecular flexibility index (Phi) is 2.19. The summed E-state index contributed by atoms with van der Waals surface area (Å²) in [6.45, 7) is 4.51. The van der Waals surface area contributed by atoms with Crippen LogP contribution in [0.3, 0.4) is 0 Å². The van der Waals surface area contributed by atoms with Crippen LogP contribution in [-0.4, -0.2) is 11.3 Å². The van der Waals surface area contributed by atoms with Crippen LogP contribution >= 0.6 is 23.1 Å². The number of thioether (sulfide) groups is 1. The van der Waals surface area contributed by atoms with Gasteiger partial charge in [-0.15, -0.1) is 11.8 Å². The van der Waals surface area contributed by atoms with Crippen molar-refractivity contribution in [2.75, 3.05) is 5.75 Å². The normalized spacial score (nSPS) is 27.7. The van der Waals surface area contributed by atoms with Crippen LogP contribution in [0.25, 0.3) is 0 Å². The summed E-state index contributed by atoms with van der Waals surface area (Å²) < 4.78 is 0. The highest BCUT2D eigenvalue weighted by Crippen LogP contribution is 2.37. The predicted molar refractivity (Wildman–Crippen MR) is 56.7 cm³/mol. The van der Waals surface area contributed by atoms with Gasteiger partial charge in [-0.25, -0.2) is 0 Å². The zero-order chi connectivity index (χ0) is 8.60. The lowest BCUT2D eigenvalue weighted by molar-refractivity contribution is 0.452. The molecule has 0 amide bonds. The van der Waals surface area contributed by atoms with E-state index in [0.29, 0.717) is 10.9 Å². The maximum absolute atomic E-state index is 3.60. The minimum absolute atomic E-state index is 0.303. The van der Waals surface area contributed by atoms with Crippen molar-refractivity contribution in [3.05, 3.63) is 22.4 Å².